The zero-order valence-electron chi connectivity index (χ0n) is 30.6. The van der Waals surface area contributed by atoms with Gasteiger partial charge >= 0.3 is 0 Å². The lowest BCUT2D eigenvalue weighted by Crippen LogP contribution is -2.11. The van der Waals surface area contributed by atoms with E-state index < -0.39 is 0 Å². The van der Waals surface area contributed by atoms with Crippen LogP contribution in [-0.4, -0.2) is 0 Å². The van der Waals surface area contributed by atoms with Crippen molar-refractivity contribution in [2.24, 2.45) is 0 Å². The van der Waals surface area contributed by atoms with E-state index in [9.17, 15) is 0 Å². The maximum absolute atomic E-state index is 6.52. The van der Waals surface area contributed by atoms with Crippen molar-refractivity contribution < 1.29 is 4.42 Å². The van der Waals surface area contributed by atoms with Gasteiger partial charge in [0.1, 0.15) is 11.2 Å². The van der Waals surface area contributed by atoms with Gasteiger partial charge in [-0.1, -0.05) is 158 Å². The number of hydrogen-bond donors (Lipinski definition) is 0. The smallest absolute Gasteiger partial charge is 0.143 e. The van der Waals surface area contributed by atoms with Crippen LogP contribution in [0.3, 0.4) is 0 Å². The minimum absolute atomic E-state index is 0.890. The average molecular weight is 714 g/mol. The van der Waals surface area contributed by atoms with Crippen LogP contribution >= 0.6 is 0 Å². The molecule has 1 heterocycles. The van der Waals surface area contributed by atoms with Crippen molar-refractivity contribution in [3.8, 4) is 33.4 Å². The number of hydrogen-bond acceptors (Lipinski definition) is 2. The molecule has 0 radical (unpaired) electrons. The van der Waals surface area contributed by atoms with E-state index in [1.54, 1.807) is 0 Å². The third-order valence-corrected chi connectivity index (χ3v) is 11.2. The predicted octanol–water partition coefficient (Wildman–Crippen LogP) is 15.5. The maximum Gasteiger partial charge on any atom is 0.143 e. The van der Waals surface area contributed by atoms with E-state index in [0.29, 0.717) is 0 Å². The molecule has 0 N–H and O–H groups in total. The molecule has 0 saturated heterocycles. The number of para-hydroxylation sites is 1. The molecule has 0 aliphatic rings. The van der Waals surface area contributed by atoms with Crippen LogP contribution in [0.2, 0.25) is 0 Å². The summed E-state index contributed by atoms with van der Waals surface area (Å²) in [5.41, 5.74) is 12.1. The first-order valence-corrected chi connectivity index (χ1v) is 19.2. The number of benzene rings is 10. The summed E-state index contributed by atoms with van der Waals surface area (Å²) in [4.78, 5) is 2.40. The molecule has 0 aliphatic carbocycles. The molecule has 1 aromatic heterocycles. The summed E-state index contributed by atoms with van der Waals surface area (Å²) in [5, 5.41) is 9.51. The summed E-state index contributed by atoms with van der Waals surface area (Å²) >= 11 is 0. The molecule has 0 bridgehead atoms. The second-order valence-electron chi connectivity index (χ2n) is 14.5. The second kappa shape index (κ2) is 13.2. The molecule has 0 aliphatic heterocycles. The molecule has 262 valence electrons. The van der Waals surface area contributed by atoms with E-state index >= 15 is 0 Å². The fourth-order valence-corrected chi connectivity index (χ4v) is 8.47. The number of anilines is 3. The largest absolute Gasteiger partial charge is 0.455 e. The van der Waals surface area contributed by atoms with Crippen LogP contribution in [0.4, 0.5) is 17.1 Å². The van der Waals surface area contributed by atoms with Crippen molar-refractivity contribution in [1.29, 1.82) is 0 Å². The van der Waals surface area contributed by atoms with Crippen LogP contribution in [-0.2, 0) is 0 Å². The summed E-state index contributed by atoms with van der Waals surface area (Å²) in [5.74, 6) is 0. The zero-order chi connectivity index (χ0) is 37.0. The summed E-state index contributed by atoms with van der Waals surface area (Å²) in [6.45, 7) is 0. The molecule has 11 rings (SSSR count). The van der Waals surface area contributed by atoms with Gasteiger partial charge in [0.15, 0.2) is 0 Å². The first-order valence-electron chi connectivity index (χ1n) is 19.2. The van der Waals surface area contributed by atoms with Crippen LogP contribution in [0.1, 0.15) is 0 Å². The van der Waals surface area contributed by atoms with Gasteiger partial charge in [-0.05, 0) is 109 Å². The van der Waals surface area contributed by atoms with Gasteiger partial charge in [-0.2, -0.15) is 0 Å². The van der Waals surface area contributed by atoms with Gasteiger partial charge in [-0.25, -0.2) is 0 Å². The van der Waals surface area contributed by atoms with E-state index in [1.165, 1.54) is 49.2 Å². The number of rotatable bonds is 6. The number of nitrogens with zero attached hydrogens (tertiary/aromatic N) is 1. The van der Waals surface area contributed by atoms with Gasteiger partial charge in [0.2, 0.25) is 0 Å². The van der Waals surface area contributed by atoms with Crippen molar-refractivity contribution in [2.45, 2.75) is 0 Å². The van der Waals surface area contributed by atoms with Crippen molar-refractivity contribution >= 4 is 71.3 Å². The van der Waals surface area contributed by atoms with E-state index in [4.69, 9.17) is 4.42 Å². The Morgan fingerprint density at radius 2 is 0.929 bits per heavy atom. The highest BCUT2D eigenvalue weighted by molar-refractivity contribution is 6.15. The molecule has 56 heavy (non-hydrogen) atoms. The minimum Gasteiger partial charge on any atom is -0.455 e. The SMILES string of the molecule is c1cc(-c2cccc3ccccc23)cc(N(c2ccc(-c3ccc4ccccc4c3)cc2)c2ccccc2-c2ccc3oc4c5ccccc5ccc4c3c2)c1. The lowest BCUT2D eigenvalue weighted by atomic mass is 9.96. The summed E-state index contributed by atoms with van der Waals surface area (Å²) in [7, 11) is 0. The Kier molecular flexibility index (Phi) is 7.53. The number of fused-ring (bicyclic) bond motifs is 7. The fourth-order valence-electron chi connectivity index (χ4n) is 8.47. The Morgan fingerprint density at radius 3 is 1.80 bits per heavy atom. The van der Waals surface area contributed by atoms with E-state index in [2.05, 4.69) is 217 Å². The standard InChI is InChI=1S/C54H35NO/c1-2-14-40-33-41(24-23-36(40)11-1)37-25-29-44(30-26-37)55(45-17-9-16-42(34-45)47-21-10-15-38-12-3-5-18-46(38)47)52-22-8-7-19-48(52)43-28-32-53-51(35-43)50-31-27-39-13-4-6-20-49(39)54(50)56-53/h1-35H. The highest BCUT2D eigenvalue weighted by atomic mass is 16.3. The first kappa shape index (κ1) is 32.0. The molecule has 0 saturated carbocycles. The van der Waals surface area contributed by atoms with Crippen LogP contribution in [0.5, 0.6) is 0 Å². The maximum atomic E-state index is 6.52. The van der Waals surface area contributed by atoms with Crippen LogP contribution < -0.4 is 4.90 Å². The van der Waals surface area contributed by atoms with Gasteiger partial charge in [0.05, 0.1) is 5.69 Å². The molecule has 0 fully saturated rings. The van der Waals surface area contributed by atoms with Crippen molar-refractivity contribution in [3.63, 3.8) is 0 Å². The Labute approximate surface area is 325 Å². The summed E-state index contributed by atoms with van der Waals surface area (Å²) in [6, 6.07) is 76.6. The quantitative estimate of drug-likeness (QED) is 0.171. The summed E-state index contributed by atoms with van der Waals surface area (Å²) < 4.78 is 6.52. The third kappa shape index (κ3) is 5.42. The van der Waals surface area contributed by atoms with E-state index in [0.717, 1.165) is 55.5 Å². The lowest BCUT2D eigenvalue weighted by molar-refractivity contribution is 0.672. The highest BCUT2D eigenvalue weighted by Crippen LogP contribution is 2.44. The molecular weight excluding hydrogens is 679 g/mol. The number of furan rings is 1. The molecule has 0 atom stereocenters. The predicted molar refractivity (Wildman–Crippen MR) is 237 cm³/mol. The lowest BCUT2D eigenvalue weighted by Gasteiger charge is -2.28. The van der Waals surface area contributed by atoms with Crippen LogP contribution in [0, 0.1) is 0 Å². The van der Waals surface area contributed by atoms with Crippen molar-refractivity contribution in [1.82, 2.24) is 0 Å². The van der Waals surface area contributed by atoms with Gasteiger partial charge in [-0.3, -0.25) is 0 Å². The first-order chi connectivity index (χ1) is 27.7. The third-order valence-electron chi connectivity index (χ3n) is 11.2. The van der Waals surface area contributed by atoms with Crippen LogP contribution in [0.25, 0.3) is 87.6 Å². The van der Waals surface area contributed by atoms with E-state index in [-0.39, 0.29) is 0 Å². The minimum atomic E-state index is 0.890. The van der Waals surface area contributed by atoms with E-state index in [1.807, 2.05) is 0 Å². The normalized spacial score (nSPS) is 11.6. The fraction of sp³-hybridized carbons (Fsp3) is 0. The monoisotopic (exact) mass is 713 g/mol. The zero-order valence-corrected chi connectivity index (χ0v) is 30.6. The molecule has 0 amide bonds. The van der Waals surface area contributed by atoms with Gasteiger partial charge < -0.3 is 9.32 Å². The molecule has 2 nitrogen and oxygen atoms in total. The molecule has 2 heteroatoms. The second-order valence-corrected chi connectivity index (χ2v) is 14.5. The van der Waals surface area contributed by atoms with Crippen LogP contribution in [0.15, 0.2) is 217 Å². The van der Waals surface area contributed by atoms with Crippen molar-refractivity contribution in [3.05, 3.63) is 212 Å². The molecule has 0 unspecified atom stereocenters. The van der Waals surface area contributed by atoms with Gasteiger partial charge in [-0.15, -0.1) is 0 Å². The Hall–Kier alpha value is -7.42. The summed E-state index contributed by atoms with van der Waals surface area (Å²) in [6.07, 6.45) is 0. The molecule has 0 spiro atoms. The Bertz CT molecular complexity index is 3260. The average Bonchev–Trinajstić information content (AvgIpc) is 3.65. The Morgan fingerprint density at radius 1 is 0.304 bits per heavy atom. The molecule has 11 aromatic rings. The van der Waals surface area contributed by atoms with Gasteiger partial charge in [0.25, 0.3) is 0 Å². The molecule has 10 aromatic carbocycles. The van der Waals surface area contributed by atoms with Crippen molar-refractivity contribution in [2.75, 3.05) is 4.90 Å². The molecular formula is C54H35NO. The van der Waals surface area contributed by atoms with Gasteiger partial charge in [0, 0.05) is 33.1 Å². The topological polar surface area (TPSA) is 16.4 Å². The Balaban J connectivity index is 1.08. The highest BCUT2D eigenvalue weighted by Gasteiger charge is 2.20.